The molecule has 28 heavy (non-hydrogen) atoms. The number of benzene rings is 2. The van der Waals surface area contributed by atoms with Gasteiger partial charge in [-0.05, 0) is 55.0 Å². The van der Waals surface area contributed by atoms with E-state index >= 15 is 0 Å². The molecule has 1 N–H and O–H groups in total. The molecule has 0 aromatic heterocycles. The van der Waals surface area contributed by atoms with E-state index in [0.29, 0.717) is 31.7 Å². The highest BCUT2D eigenvalue weighted by molar-refractivity contribution is 7.92. The minimum absolute atomic E-state index is 0.00689. The molecule has 2 heterocycles. The number of anilines is 2. The zero-order valence-corrected chi connectivity index (χ0v) is 16.5. The fourth-order valence-corrected chi connectivity index (χ4v) is 4.86. The molecule has 0 saturated carbocycles. The number of carbonyl (C=O) groups is 1. The largest absolute Gasteiger partial charge is 0.368 e. The van der Waals surface area contributed by atoms with Gasteiger partial charge in [-0.2, -0.15) is 0 Å². The lowest BCUT2D eigenvalue weighted by molar-refractivity contribution is -0.127. The number of carbonyl (C=O) groups excluding carboxylic acids is 1. The molecule has 2 aromatic rings. The van der Waals surface area contributed by atoms with E-state index in [1.807, 2.05) is 42.5 Å². The van der Waals surface area contributed by atoms with Crippen molar-refractivity contribution >= 4 is 27.3 Å². The molecule has 148 valence electrons. The van der Waals surface area contributed by atoms with Gasteiger partial charge in [0, 0.05) is 24.5 Å². The number of amides is 1. The van der Waals surface area contributed by atoms with Gasteiger partial charge in [0.15, 0.2) is 0 Å². The van der Waals surface area contributed by atoms with Crippen molar-refractivity contribution < 1.29 is 17.9 Å². The molecule has 1 atom stereocenters. The molecule has 1 saturated heterocycles. The molecule has 7 heteroatoms. The van der Waals surface area contributed by atoms with E-state index in [2.05, 4.69) is 4.72 Å². The van der Waals surface area contributed by atoms with Gasteiger partial charge < -0.3 is 9.64 Å². The Labute approximate surface area is 165 Å². The van der Waals surface area contributed by atoms with Gasteiger partial charge in [-0.15, -0.1) is 0 Å². The third-order valence-corrected chi connectivity index (χ3v) is 6.51. The van der Waals surface area contributed by atoms with E-state index in [-0.39, 0.29) is 17.8 Å². The third kappa shape index (κ3) is 4.20. The summed E-state index contributed by atoms with van der Waals surface area (Å²) >= 11 is 0. The molecule has 0 spiro atoms. The predicted molar refractivity (Wildman–Crippen MR) is 109 cm³/mol. The van der Waals surface area contributed by atoms with Crippen molar-refractivity contribution in [2.75, 3.05) is 28.5 Å². The SMILES string of the molecule is O=C(C1CCCO1)N1CCc2cc(NS(=O)(=O)CCc3ccccc3)ccc21. The van der Waals surface area contributed by atoms with Crippen molar-refractivity contribution in [1.82, 2.24) is 0 Å². The lowest BCUT2D eigenvalue weighted by Gasteiger charge is -2.21. The van der Waals surface area contributed by atoms with E-state index in [1.165, 1.54) is 0 Å². The smallest absolute Gasteiger partial charge is 0.256 e. The molecular weight excluding hydrogens is 376 g/mol. The van der Waals surface area contributed by atoms with E-state index in [9.17, 15) is 13.2 Å². The molecule has 4 rings (SSSR count). The van der Waals surface area contributed by atoms with Gasteiger partial charge in [0.2, 0.25) is 10.0 Å². The Bertz CT molecular complexity index is 954. The molecule has 1 amide bonds. The van der Waals surface area contributed by atoms with Crippen molar-refractivity contribution in [1.29, 1.82) is 0 Å². The summed E-state index contributed by atoms with van der Waals surface area (Å²) in [6.07, 6.45) is 2.52. The summed E-state index contributed by atoms with van der Waals surface area (Å²) in [7, 11) is -3.44. The summed E-state index contributed by atoms with van der Waals surface area (Å²) in [5.74, 6) is 0.0324. The van der Waals surface area contributed by atoms with Crippen molar-refractivity contribution in [3.63, 3.8) is 0 Å². The number of sulfonamides is 1. The van der Waals surface area contributed by atoms with Gasteiger partial charge in [-0.3, -0.25) is 9.52 Å². The molecule has 0 bridgehead atoms. The highest BCUT2D eigenvalue weighted by atomic mass is 32.2. The maximum Gasteiger partial charge on any atom is 0.256 e. The fraction of sp³-hybridized carbons (Fsp3) is 0.381. The van der Waals surface area contributed by atoms with Crippen LogP contribution < -0.4 is 9.62 Å². The van der Waals surface area contributed by atoms with Gasteiger partial charge in [0.05, 0.1) is 5.75 Å². The van der Waals surface area contributed by atoms with Crippen LogP contribution in [0.2, 0.25) is 0 Å². The van der Waals surface area contributed by atoms with Crippen molar-refractivity contribution in [2.24, 2.45) is 0 Å². The number of fused-ring (bicyclic) bond motifs is 1. The number of aryl methyl sites for hydroxylation is 1. The van der Waals surface area contributed by atoms with Crippen LogP contribution in [0.15, 0.2) is 48.5 Å². The monoisotopic (exact) mass is 400 g/mol. The van der Waals surface area contributed by atoms with E-state index in [4.69, 9.17) is 4.74 Å². The molecule has 1 unspecified atom stereocenters. The first-order chi connectivity index (χ1) is 13.5. The standard InChI is InChI=1S/C21H24N2O4S/c24-21(20-7-4-13-27-20)23-12-10-17-15-18(8-9-19(17)23)22-28(25,26)14-11-16-5-2-1-3-6-16/h1-3,5-6,8-9,15,20,22H,4,7,10-14H2. The maximum absolute atomic E-state index is 12.6. The molecule has 2 aliphatic heterocycles. The maximum atomic E-state index is 12.6. The van der Waals surface area contributed by atoms with Crippen LogP contribution in [0.1, 0.15) is 24.0 Å². The van der Waals surface area contributed by atoms with Gasteiger partial charge in [-0.1, -0.05) is 30.3 Å². The number of hydrogen-bond donors (Lipinski definition) is 1. The first-order valence-electron chi connectivity index (χ1n) is 9.62. The number of hydrogen-bond acceptors (Lipinski definition) is 4. The lowest BCUT2D eigenvalue weighted by Crippen LogP contribution is -2.37. The normalized spacial score (nSPS) is 18.9. The van der Waals surface area contributed by atoms with Crippen molar-refractivity contribution in [3.8, 4) is 0 Å². The van der Waals surface area contributed by atoms with Crippen molar-refractivity contribution in [3.05, 3.63) is 59.7 Å². The summed E-state index contributed by atoms with van der Waals surface area (Å²) in [5, 5.41) is 0. The van der Waals surface area contributed by atoms with Crippen LogP contribution in [0.25, 0.3) is 0 Å². The second-order valence-corrected chi connectivity index (χ2v) is 9.08. The summed E-state index contributed by atoms with van der Waals surface area (Å²) in [5.41, 5.74) is 3.37. The van der Waals surface area contributed by atoms with Gasteiger partial charge in [0.25, 0.3) is 5.91 Å². The number of nitrogens with one attached hydrogen (secondary N) is 1. The van der Waals surface area contributed by atoms with Crippen LogP contribution in [0.4, 0.5) is 11.4 Å². The van der Waals surface area contributed by atoms with Crippen LogP contribution in [0.5, 0.6) is 0 Å². The lowest BCUT2D eigenvalue weighted by atomic mass is 10.1. The minimum Gasteiger partial charge on any atom is -0.368 e. The van der Waals surface area contributed by atoms with Crippen molar-refractivity contribution in [2.45, 2.75) is 31.8 Å². The van der Waals surface area contributed by atoms with Crippen LogP contribution in [0, 0.1) is 0 Å². The van der Waals surface area contributed by atoms with E-state index < -0.39 is 10.0 Å². The van der Waals surface area contributed by atoms with Crippen LogP contribution >= 0.6 is 0 Å². The van der Waals surface area contributed by atoms with Gasteiger partial charge in [0.1, 0.15) is 6.10 Å². The molecule has 0 aliphatic carbocycles. The molecular formula is C21H24N2O4S. The minimum atomic E-state index is -3.44. The Hall–Kier alpha value is -2.38. The topological polar surface area (TPSA) is 75.7 Å². The molecule has 2 aromatic carbocycles. The summed E-state index contributed by atoms with van der Waals surface area (Å²) in [6.45, 7) is 1.25. The number of nitrogens with zero attached hydrogens (tertiary/aromatic N) is 1. The molecule has 0 radical (unpaired) electrons. The van der Waals surface area contributed by atoms with E-state index in [1.54, 1.807) is 11.0 Å². The first-order valence-corrected chi connectivity index (χ1v) is 11.3. The number of ether oxygens (including phenoxy) is 1. The predicted octanol–water partition coefficient (Wildman–Crippen LogP) is 2.74. The van der Waals surface area contributed by atoms with E-state index in [0.717, 1.165) is 29.7 Å². The summed E-state index contributed by atoms with van der Waals surface area (Å²) in [4.78, 5) is 14.4. The average Bonchev–Trinajstić information content (AvgIpc) is 3.36. The van der Waals surface area contributed by atoms with Crippen LogP contribution in [-0.4, -0.2) is 39.3 Å². The summed E-state index contributed by atoms with van der Waals surface area (Å²) < 4.78 is 33.0. The molecule has 1 fully saturated rings. The van der Waals surface area contributed by atoms with Crippen LogP contribution in [-0.2, 0) is 32.4 Å². The second-order valence-electron chi connectivity index (χ2n) is 7.24. The first kappa shape index (κ1) is 19.0. The fourth-order valence-electron chi connectivity index (χ4n) is 3.77. The number of rotatable bonds is 6. The quantitative estimate of drug-likeness (QED) is 0.809. The third-order valence-electron chi connectivity index (χ3n) is 5.22. The second kappa shape index (κ2) is 7.93. The van der Waals surface area contributed by atoms with Gasteiger partial charge in [-0.25, -0.2) is 8.42 Å². The van der Waals surface area contributed by atoms with Gasteiger partial charge >= 0.3 is 0 Å². The highest BCUT2D eigenvalue weighted by Gasteiger charge is 2.32. The molecule has 6 nitrogen and oxygen atoms in total. The Morgan fingerprint density at radius 1 is 1.18 bits per heavy atom. The van der Waals surface area contributed by atoms with Crippen LogP contribution in [0.3, 0.4) is 0 Å². The Kier molecular flexibility index (Phi) is 5.37. The Morgan fingerprint density at radius 2 is 2.00 bits per heavy atom. The summed E-state index contributed by atoms with van der Waals surface area (Å²) in [6, 6.07) is 14.9. The molecule has 2 aliphatic rings. The Balaban J connectivity index is 1.42. The average molecular weight is 401 g/mol. The highest BCUT2D eigenvalue weighted by Crippen LogP contribution is 2.32. The zero-order valence-electron chi connectivity index (χ0n) is 15.6. The Morgan fingerprint density at radius 3 is 2.75 bits per heavy atom. The zero-order chi connectivity index (χ0) is 19.6.